The molecule has 1 aromatic carbocycles. The molecule has 2 aromatic rings. The van der Waals surface area contributed by atoms with Crippen LogP contribution in [0.2, 0.25) is 0 Å². The molecule has 1 saturated carbocycles. The predicted molar refractivity (Wildman–Crippen MR) is 80.8 cm³/mol. The number of nitrogens with zero attached hydrogens (tertiary/aromatic N) is 1. The summed E-state index contributed by atoms with van der Waals surface area (Å²) in [5.41, 5.74) is 1.10. The van der Waals surface area contributed by atoms with Crippen LogP contribution in [0, 0.1) is 0 Å². The Morgan fingerprint density at radius 1 is 1.33 bits per heavy atom. The summed E-state index contributed by atoms with van der Waals surface area (Å²) >= 11 is 1.59. The molecule has 1 aromatic heterocycles. The highest BCUT2D eigenvalue weighted by atomic mass is 32.1. The first-order valence-electron chi connectivity index (χ1n) is 7.10. The first-order valence-corrected chi connectivity index (χ1v) is 7.92. The number of ether oxygens (including phenoxy) is 1. The normalized spacial score (nSPS) is 14.1. The zero-order valence-electron chi connectivity index (χ0n) is 11.6. The van der Waals surface area contributed by atoms with E-state index in [4.69, 9.17) is 9.84 Å². The van der Waals surface area contributed by atoms with Crippen LogP contribution in [0.25, 0.3) is 0 Å². The molecule has 0 radical (unpaired) electrons. The van der Waals surface area contributed by atoms with E-state index in [1.807, 2.05) is 30.3 Å². The van der Waals surface area contributed by atoms with Crippen molar-refractivity contribution in [2.24, 2.45) is 0 Å². The maximum Gasteiger partial charge on any atom is 0.303 e. The fourth-order valence-electron chi connectivity index (χ4n) is 2.21. The molecule has 0 aliphatic heterocycles. The Bertz CT molecular complexity index is 620. The van der Waals surface area contributed by atoms with Crippen molar-refractivity contribution in [3.05, 3.63) is 45.9 Å². The van der Waals surface area contributed by atoms with Gasteiger partial charge in [0.25, 0.3) is 0 Å². The molecule has 21 heavy (non-hydrogen) atoms. The molecule has 0 atom stereocenters. The third-order valence-corrected chi connectivity index (χ3v) is 4.51. The molecule has 1 fully saturated rings. The first-order chi connectivity index (χ1) is 10.2. The molecule has 1 aliphatic rings. The van der Waals surface area contributed by atoms with Crippen LogP contribution in [0.3, 0.4) is 0 Å². The molecule has 4 nitrogen and oxygen atoms in total. The molecule has 110 valence electrons. The topological polar surface area (TPSA) is 59.4 Å². The molecule has 0 bridgehead atoms. The number of benzene rings is 1. The van der Waals surface area contributed by atoms with E-state index < -0.39 is 5.97 Å². The minimum Gasteiger partial charge on any atom is -0.486 e. The fraction of sp³-hybridized carbons (Fsp3) is 0.375. The zero-order valence-corrected chi connectivity index (χ0v) is 12.4. The highest BCUT2D eigenvalue weighted by Gasteiger charge is 2.29. The maximum atomic E-state index is 10.7. The minimum atomic E-state index is -0.757. The number of aromatic nitrogens is 1. The number of carboxylic acids is 1. The van der Waals surface area contributed by atoms with Crippen molar-refractivity contribution < 1.29 is 14.6 Å². The molecule has 0 unspecified atom stereocenters. The van der Waals surface area contributed by atoms with E-state index in [2.05, 4.69) is 4.98 Å². The van der Waals surface area contributed by atoms with Crippen molar-refractivity contribution in [2.45, 2.75) is 38.2 Å². The van der Waals surface area contributed by atoms with Crippen LogP contribution in [-0.2, 0) is 17.8 Å². The lowest BCUT2D eigenvalue weighted by Gasteiger charge is -2.02. The number of hydrogen-bond acceptors (Lipinski definition) is 4. The lowest BCUT2D eigenvalue weighted by molar-refractivity contribution is -0.136. The molecule has 1 aliphatic carbocycles. The van der Waals surface area contributed by atoms with Gasteiger partial charge in [-0.1, -0.05) is 18.2 Å². The van der Waals surface area contributed by atoms with E-state index in [-0.39, 0.29) is 6.42 Å². The van der Waals surface area contributed by atoms with Crippen LogP contribution < -0.4 is 4.74 Å². The standard InChI is InChI=1S/C16H17NO3S/c18-15(19)9-8-13-16(11-6-7-11)17-14(21-13)10-20-12-4-2-1-3-5-12/h1-5,11H,6-10H2,(H,18,19). The number of para-hydroxylation sites is 1. The Kier molecular flexibility index (Phi) is 4.20. The monoisotopic (exact) mass is 303 g/mol. The quantitative estimate of drug-likeness (QED) is 0.848. The average molecular weight is 303 g/mol. The van der Waals surface area contributed by atoms with Gasteiger partial charge in [0, 0.05) is 10.8 Å². The molecule has 1 N–H and O–H groups in total. The third-order valence-electron chi connectivity index (χ3n) is 3.41. The van der Waals surface area contributed by atoms with E-state index in [9.17, 15) is 4.79 Å². The summed E-state index contributed by atoms with van der Waals surface area (Å²) in [6, 6.07) is 9.66. The van der Waals surface area contributed by atoms with Gasteiger partial charge in [-0.15, -0.1) is 11.3 Å². The van der Waals surface area contributed by atoms with Gasteiger partial charge in [-0.3, -0.25) is 4.79 Å². The zero-order chi connectivity index (χ0) is 14.7. The van der Waals surface area contributed by atoms with E-state index in [0.29, 0.717) is 18.9 Å². The largest absolute Gasteiger partial charge is 0.486 e. The summed E-state index contributed by atoms with van der Waals surface area (Å²) < 4.78 is 5.72. The van der Waals surface area contributed by atoms with Gasteiger partial charge < -0.3 is 9.84 Å². The minimum absolute atomic E-state index is 0.168. The SMILES string of the molecule is O=C(O)CCc1sc(COc2ccccc2)nc1C1CC1. The summed E-state index contributed by atoms with van der Waals surface area (Å²) in [6.07, 6.45) is 3.08. The second kappa shape index (κ2) is 6.26. The van der Waals surface area contributed by atoms with Crippen molar-refractivity contribution in [1.82, 2.24) is 4.98 Å². The number of aryl methyl sites for hydroxylation is 1. The fourth-order valence-corrected chi connectivity index (χ4v) is 3.28. The molecular formula is C16H17NO3S. The summed E-state index contributed by atoms with van der Waals surface area (Å²) in [5.74, 6) is 0.607. The number of thiazole rings is 1. The Labute approximate surface area is 127 Å². The molecule has 3 rings (SSSR count). The summed E-state index contributed by atoms with van der Waals surface area (Å²) in [4.78, 5) is 16.5. The Hall–Kier alpha value is -1.88. The third kappa shape index (κ3) is 3.82. The predicted octanol–water partition coefficient (Wildman–Crippen LogP) is 3.62. The van der Waals surface area contributed by atoms with E-state index in [1.54, 1.807) is 11.3 Å². The Balaban J connectivity index is 1.67. The summed E-state index contributed by atoms with van der Waals surface area (Å²) in [5, 5.41) is 9.77. The number of carbonyl (C=O) groups is 1. The van der Waals surface area contributed by atoms with Crippen LogP contribution >= 0.6 is 11.3 Å². The van der Waals surface area contributed by atoms with Gasteiger partial charge in [-0.2, -0.15) is 0 Å². The average Bonchev–Trinajstić information content (AvgIpc) is 3.25. The lowest BCUT2D eigenvalue weighted by Crippen LogP contribution is -1.98. The van der Waals surface area contributed by atoms with Crippen LogP contribution in [0.5, 0.6) is 5.75 Å². The molecule has 1 heterocycles. The van der Waals surface area contributed by atoms with Gasteiger partial charge in [0.05, 0.1) is 12.1 Å². The van der Waals surface area contributed by atoms with E-state index in [1.165, 1.54) is 12.8 Å². The molecular weight excluding hydrogens is 286 g/mol. The maximum absolute atomic E-state index is 10.7. The molecule has 0 spiro atoms. The summed E-state index contributed by atoms with van der Waals surface area (Å²) in [7, 11) is 0. The molecule has 5 heteroatoms. The number of rotatable bonds is 7. The molecule has 0 amide bonds. The van der Waals surface area contributed by atoms with Crippen LogP contribution in [0.15, 0.2) is 30.3 Å². The Morgan fingerprint density at radius 3 is 2.76 bits per heavy atom. The van der Waals surface area contributed by atoms with Gasteiger partial charge in [-0.25, -0.2) is 4.98 Å². The van der Waals surface area contributed by atoms with Crippen molar-refractivity contribution in [3.8, 4) is 5.75 Å². The van der Waals surface area contributed by atoms with Crippen molar-refractivity contribution in [3.63, 3.8) is 0 Å². The highest BCUT2D eigenvalue weighted by Crippen LogP contribution is 2.43. The smallest absolute Gasteiger partial charge is 0.303 e. The van der Waals surface area contributed by atoms with Crippen LogP contribution in [-0.4, -0.2) is 16.1 Å². The van der Waals surface area contributed by atoms with Gasteiger partial charge >= 0.3 is 5.97 Å². The highest BCUT2D eigenvalue weighted by molar-refractivity contribution is 7.11. The van der Waals surface area contributed by atoms with Gasteiger partial charge in [0.1, 0.15) is 17.4 Å². The lowest BCUT2D eigenvalue weighted by atomic mass is 10.2. The molecule has 0 saturated heterocycles. The van der Waals surface area contributed by atoms with Crippen molar-refractivity contribution in [2.75, 3.05) is 0 Å². The first kappa shape index (κ1) is 14.1. The second-order valence-electron chi connectivity index (χ2n) is 5.19. The summed E-state index contributed by atoms with van der Waals surface area (Å²) in [6.45, 7) is 0.446. The van der Waals surface area contributed by atoms with E-state index in [0.717, 1.165) is 21.3 Å². The number of carboxylic acid groups (broad SMARTS) is 1. The van der Waals surface area contributed by atoms with Gasteiger partial charge in [0.2, 0.25) is 0 Å². The van der Waals surface area contributed by atoms with Crippen molar-refractivity contribution in [1.29, 1.82) is 0 Å². The van der Waals surface area contributed by atoms with E-state index >= 15 is 0 Å². The number of aliphatic carboxylic acids is 1. The number of hydrogen-bond donors (Lipinski definition) is 1. The van der Waals surface area contributed by atoms with Crippen LogP contribution in [0.1, 0.15) is 40.8 Å². The van der Waals surface area contributed by atoms with Crippen molar-refractivity contribution >= 4 is 17.3 Å². The van der Waals surface area contributed by atoms with Gasteiger partial charge in [0.15, 0.2) is 0 Å². The van der Waals surface area contributed by atoms with Crippen LogP contribution in [0.4, 0.5) is 0 Å². The Morgan fingerprint density at radius 2 is 2.10 bits per heavy atom. The second-order valence-corrected chi connectivity index (χ2v) is 6.35. The van der Waals surface area contributed by atoms with Gasteiger partial charge in [-0.05, 0) is 31.4 Å².